The van der Waals surface area contributed by atoms with E-state index in [0.717, 1.165) is 12.8 Å². The molecule has 1 heteroatoms. The fraction of sp³-hybridized carbons (Fsp3) is 0.148. The van der Waals surface area contributed by atoms with Crippen molar-refractivity contribution in [3.63, 3.8) is 0 Å². The van der Waals surface area contributed by atoms with Crippen LogP contribution in [0.2, 0.25) is 0 Å². The molecule has 3 aliphatic rings. The van der Waals surface area contributed by atoms with Crippen LogP contribution in [0.4, 0.5) is 17.1 Å². The fourth-order valence-electron chi connectivity index (χ4n) is 10.3. The Morgan fingerprint density at radius 1 is 0.455 bits per heavy atom. The van der Waals surface area contributed by atoms with Gasteiger partial charge in [-0.15, -0.1) is 0 Å². The molecule has 2 aliphatic heterocycles. The van der Waals surface area contributed by atoms with Crippen molar-refractivity contribution in [3.8, 4) is 33.4 Å². The minimum atomic E-state index is -0.190. The van der Waals surface area contributed by atoms with Crippen LogP contribution < -0.4 is 4.90 Å². The molecule has 8 aromatic rings. The highest BCUT2D eigenvalue weighted by Crippen LogP contribution is 2.60. The van der Waals surface area contributed by atoms with Crippen LogP contribution in [0, 0.1) is 0 Å². The van der Waals surface area contributed by atoms with Gasteiger partial charge >= 0.3 is 0 Å². The molecule has 0 radical (unpaired) electrons. The van der Waals surface area contributed by atoms with Gasteiger partial charge in [0.1, 0.15) is 0 Å². The van der Waals surface area contributed by atoms with E-state index in [-0.39, 0.29) is 10.8 Å². The molecular weight excluding hydrogens is 663 g/mol. The van der Waals surface area contributed by atoms with Crippen molar-refractivity contribution in [2.45, 2.75) is 51.4 Å². The van der Waals surface area contributed by atoms with Gasteiger partial charge in [-0.2, -0.15) is 0 Å². The summed E-state index contributed by atoms with van der Waals surface area (Å²) >= 11 is 0. The molecule has 264 valence electrons. The Morgan fingerprint density at radius 3 is 1.89 bits per heavy atom. The van der Waals surface area contributed by atoms with E-state index in [1.165, 1.54) is 105 Å². The smallest absolute Gasteiger partial charge is 0.0543 e. The molecule has 0 amide bonds. The van der Waals surface area contributed by atoms with Gasteiger partial charge in [0, 0.05) is 10.8 Å². The van der Waals surface area contributed by atoms with Crippen molar-refractivity contribution in [1.82, 2.24) is 0 Å². The molecule has 0 aromatic heterocycles. The molecule has 2 heterocycles. The van der Waals surface area contributed by atoms with Gasteiger partial charge in [0.25, 0.3) is 0 Å². The van der Waals surface area contributed by atoms with E-state index >= 15 is 0 Å². The number of anilines is 3. The second kappa shape index (κ2) is 11.7. The standard InChI is InChI=1S/C54H43N/c1-53(2)44-23-11-12-26-48(44)55-49-30-29-39(33-47(49)54(3,4)46-25-14-24-45(53)52(46)55)51-42-21-9-7-19-40(42)50(41-20-8-10-22-43(41)51)38-18-13-17-36(32-38)37-28-27-34-15-5-6-16-35(34)31-37/h5-7,9-19,21-33H,8,20H2,1-4H3. The second-order valence-corrected chi connectivity index (χ2v) is 16.8. The third-order valence-electron chi connectivity index (χ3n) is 13.1. The summed E-state index contributed by atoms with van der Waals surface area (Å²) in [7, 11) is 0. The van der Waals surface area contributed by atoms with Crippen LogP contribution in [-0.4, -0.2) is 0 Å². The summed E-state index contributed by atoms with van der Waals surface area (Å²) in [6, 6.07) is 57.2. The number of para-hydroxylation sites is 2. The van der Waals surface area contributed by atoms with Gasteiger partial charge in [-0.1, -0.05) is 161 Å². The lowest BCUT2D eigenvalue weighted by Gasteiger charge is -2.49. The molecule has 0 N–H and O–H groups in total. The third kappa shape index (κ3) is 4.59. The second-order valence-electron chi connectivity index (χ2n) is 16.8. The maximum atomic E-state index is 2.56. The van der Waals surface area contributed by atoms with Crippen LogP contribution in [0.5, 0.6) is 0 Å². The Hall–Kier alpha value is -6.18. The van der Waals surface area contributed by atoms with E-state index in [4.69, 9.17) is 0 Å². The molecule has 8 aromatic carbocycles. The SMILES string of the molecule is CC1(C)c2ccccc2N2c3ccc(-c4c5c(c(-c6cccc(-c7ccc8ccccc8c7)c6)c6ccccc46)CCC=C5)cc3C(C)(C)c3cccc1c32. The largest absolute Gasteiger partial charge is 0.309 e. The summed E-state index contributed by atoms with van der Waals surface area (Å²) in [5, 5.41) is 5.17. The van der Waals surface area contributed by atoms with Crippen LogP contribution in [0.25, 0.3) is 61.0 Å². The summed E-state index contributed by atoms with van der Waals surface area (Å²) in [5.74, 6) is 0. The van der Waals surface area contributed by atoms with Gasteiger partial charge in [-0.25, -0.2) is 0 Å². The molecule has 1 nitrogen and oxygen atoms in total. The molecule has 0 atom stereocenters. The lowest BCUT2D eigenvalue weighted by atomic mass is 9.66. The highest BCUT2D eigenvalue weighted by atomic mass is 15.2. The zero-order chi connectivity index (χ0) is 37.1. The summed E-state index contributed by atoms with van der Waals surface area (Å²) in [5.41, 5.74) is 19.8. The topological polar surface area (TPSA) is 3.24 Å². The molecule has 0 fully saturated rings. The minimum Gasteiger partial charge on any atom is -0.309 e. The van der Waals surface area contributed by atoms with Gasteiger partial charge in [0.2, 0.25) is 0 Å². The van der Waals surface area contributed by atoms with E-state index in [1.807, 2.05) is 0 Å². The molecular formula is C54H43N. The number of allylic oxidation sites excluding steroid dienone is 1. The van der Waals surface area contributed by atoms with E-state index < -0.39 is 0 Å². The van der Waals surface area contributed by atoms with Gasteiger partial charge in [-0.05, 0) is 131 Å². The fourth-order valence-corrected chi connectivity index (χ4v) is 10.3. The first kappa shape index (κ1) is 32.3. The third-order valence-corrected chi connectivity index (χ3v) is 13.1. The van der Waals surface area contributed by atoms with E-state index in [9.17, 15) is 0 Å². The summed E-state index contributed by atoms with van der Waals surface area (Å²) in [6.07, 6.45) is 6.85. The summed E-state index contributed by atoms with van der Waals surface area (Å²) in [6.45, 7) is 9.62. The normalized spacial score (nSPS) is 15.7. The first-order valence-corrected chi connectivity index (χ1v) is 19.8. The van der Waals surface area contributed by atoms with Crippen molar-refractivity contribution >= 4 is 44.7 Å². The van der Waals surface area contributed by atoms with Crippen LogP contribution in [0.15, 0.2) is 158 Å². The number of rotatable bonds is 3. The zero-order valence-corrected chi connectivity index (χ0v) is 31.9. The monoisotopic (exact) mass is 705 g/mol. The first-order chi connectivity index (χ1) is 26.8. The molecule has 11 rings (SSSR count). The lowest BCUT2D eigenvalue weighted by Crippen LogP contribution is -2.38. The molecule has 0 unspecified atom stereocenters. The minimum absolute atomic E-state index is 0.0903. The van der Waals surface area contributed by atoms with E-state index in [2.05, 4.69) is 196 Å². The number of hydrogen-bond acceptors (Lipinski definition) is 1. The van der Waals surface area contributed by atoms with Crippen LogP contribution >= 0.6 is 0 Å². The maximum Gasteiger partial charge on any atom is 0.0543 e. The van der Waals surface area contributed by atoms with Gasteiger partial charge in [0.15, 0.2) is 0 Å². The molecule has 0 saturated carbocycles. The van der Waals surface area contributed by atoms with Crippen molar-refractivity contribution in [1.29, 1.82) is 0 Å². The van der Waals surface area contributed by atoms with Crippen molar-refractivity contribution in [3.05, 3.63) is 191 Å². The summed E-state index contributed by atoms with van der Waals surface area (Å²) < 4.78 is 0. The zero-order valence-electron chi connectivity index (χ0n) is 31.9. The molecule has 0 saturated heterocycles. The van der Waals surface area contributed by atoms with Crippen molar-refractivity contribution in [2.75, 3.05) is 4.90 Å². The number of benzene rings is 8. The Balaban J connectivity index is 1.12. The number of hydrogen-bond donors (Lipinski definition) is 0. The molecule has 0 spiro atoms. The maximum absolute atomic E-state index is 2.56. The Morgan fingerprint density at radius 2 is 1.05 bits per heavy atom. The quantitative estimate of drug-likeness (QED) is 0.177. The lowest BCUT2D eigenvalue weighted by molar-refractivity contribution is 0.597. The highest BCUT2D eigenvalue weighted by Gasteiger charge is 2.45. The van der Waals surface area contributed by atoms with Crippen LogP contribution in [0.3, 0.4) is 0 Å². The van der Waals surface area contributed by atoms with Gasteiger partial charge in [-0.3, -0.25) is 0 Å². The average Bonchev–Trinajstić information content (AvgIpc) is 3.22. The molecule has 55 heavy (non-hydrogen) atoms. The van der Waals surface area contributed by atoms with Crippen LogP contribution in [-0.2, 0) is 17.3 Å². The van der Waals surface area contributed by atoms with E-state index in [0.29, 0.717) is 0 Å². The Bertz CT molecular complexity index is 2940. The Kier molecular flexibility index (Phi) is 6.84. The average molecular weight is 706 g/mol. The number of fused-ring (bicyclic) bond motifs is 7. The van der Waals surface area contributed by atoms with E-state index in [1.54, 1.807) is 0 Å². The van der Waals surface area contributed by atoms with Crippen LogP contribution in [0.1, 0.15) is 67.5 Å². The van der Waals surface area contributed by atoms with Crippen molar-refractivity contribution < 1.29 is 0 Å². The number of nitrogens with zero attached hydrogens (tertiary/aromatic N) is 1. The molecule has 1 aliphatic carbocycles. The predicted octanol–water partition coefficient (Wildman–Crippen LogP) is 14.7. The first-order valence-electron chi connectivity index (χ1n) is 19.8. The van der Waals surface area contributed by atoms with Crippen molar-refractivity contribution in [2.24, 2.45) is 0 Å². The highest BCUT2D eigenvalue weighted by molar-refractivity contribution is 6.10. The summed E-state index contributed by atoms with van der Waals surface area (Å²) in [4.78, 5) is 2.56. The Labute approximate surface area is 324 Å². The predicted molar refractivity (Wildman–Crippen MR) is 234 cm³/mol. The van der Waals surface area contributed by atoms with Gasteiger partial charge < -0.3 is 4.90 Å². The molecule has 0 bridgehead atoms. The van der Waals surface area contributed by atoms with Gasteiger partial charge in [0.05, 0.1) is 17.1 Å².